The third-order valence-electron chi connectivity index (χ3n) is 2.63. The molecule has 0 aliphatic carbocycles. The average Bonchev–Trinajstić information content (AvgIpc) is 2.44. The predicted octanol–water partition coefficient (Wildman–Crippen LogP) is 1.40. The minimum atomic E-state index is -0.537. The van der Waals surface area contributed by atoms with Crippen LogP contribution in [0.25, 0.3) is 0 Å². The Bertz CT molecular complexity index is 596. The number of aliphatic hydroxyl groups excluding tert-OH is 1. The number of rotatable bonds is 3. The van der Waals surface area contributed by atoms with Gasteiger partial charge in [-0.1, -0.05) is 11.8 Å². The molecule has 1 aromatic rings. The lowest BCUT2D eigenvalue weighted by Gasteiger charge is -2.19. The van der Waals surface area contributed by atoms with Gasteiger partial charge in [-0.15, -0.1) is 0 Å². The quantitative estimate of drug-likeness (QED) is 0.847. The van der Waals surface area contributed by atoms with Crippen LogP contribution >= 0.6 is 0 Å². The second-order valence-corrected chi connectivity index (χ2v) is 4.37. The maximum absolute atomic E-state index is 13.3. The third kappa shape index (κ3) is 4.08. The van der Waals surface area contributed by atoms with Crippen molar-refractivity contribution in [2.75, 3.05) is 20.2 Å². The van der Waals surface area contributed by atoms with Gasteiger partial charge in [0.05, 0.1) is 17.6 Å². The van der Waals surface area contributed by atoms with Crippen LogP contribution in [0.15, 0.2) is 18.2 Å². The number of benzene rings is 1. The number of carbonyl (C=O) groups is 1. The molecule has 1 aromatic carbocycles. The number of aliphatic hydroxyl groups is 1. The molecule has 1 atom stereocenters. The van der Waals surface area contributed by atoms with Crippen molar-refractivity contribution in [1.29, 1.82) is 5.26 Å². The first-order valence-corrected chi connectivity index (χ1v) is 6.04. The van der Waals surface area contributed by atoms with E-state index in [-0.39, 0.29) is 24.6 Å². The minimum Gasteiger partial charge on any atom is -0.384 e. The first-order valence-electron chi connectivity index (χ1n) is 6.04. The molecule has 0 saturated heterocycles. The highest BCUT2D eigenvalue weighted by molar-refractivity contribution is 5.96. The summed E-state index contributed by atoms with van der Waals surface area (Å²) < 4.78 is 13.3. The summed E-state index contributed by atoms with van der Waals surface area (Å²) in [6.45, 7) is 1.60. The molecule has 1 amide bonds. The smallest absolute Gasteiger partial charge is 0.255 e. The lowest BCUT2D eigenvalue weighted by molar-refractivity contribution is 0.0784. The third-order valence-corrected chi connectivity index (χ3v) is 2.63. The van der Waals surface area contributed by atoms with Gasteiger partial charge in [0, 0.05) is 19.2 Å². The van der Waals surface area contributed by atoms with Gasteiger partial charge in [0.2, 0.25) is 0 Å². The summed E-state index contributed by atoms with van der Waals surface area (Å²) in [6, 6.07) is 5.74. The van der Waals surface area contributed by atoms with Crippen LogP contribution < -0.4 is 0 Å². The van der Waals surface area contributed by atoms with Gasteiger partial charge in [-0.25, -0.2) is 4.39 Å². The summed E-state index contributed by atoms with van der Waals surface area (Å²) in [5.41, 5.74) is 0.473. The van der Waals surface area contributed by atoms with Gasteiger partial charge in [-0.05, 0) is 25.1 Å². The minimum absolute atomic E-state index is 0.124. The Kier molecular flexibility index (Phi) is 5.71. The first kappa shape index (κ1) is 15.7. The number of halogens is 1. The van der Waals surface area contributed by atoms with E-state index in [2.05, 4.69) is 11.8 Å². The molecule has 1 N–H and O–H groups in total. The number of hydrogen-bond acceptors (Lipinski definition) is 3. The van der Waals surface area contributed by atoms with E-state index in [1.165, 1.54) is 17.0 Å². The van der Waals surface area contributed by atoms with E-state index in [4.69, 9.17) is 10.4 Å². The van der Waals surface area contributed by atoms with Crippen LogP contribution in [0.5, 0.6) is 0 Å². The van der Waals surface area contributed by atoms with E-state index in [1.54, 1.807) is 14.0 Å². The van der Waals surface area contributed by atoms with E-state index < -0.39 is 11.7 Å². The fourth-order valence-corrected chi connectivity index (χ4v) is 1.68. The van der Waals surface area contributed by atoms with E-state index >= 15 is 0 Å². The van der Waals surface area contributed by atoms with E-state index in [1.807, 2.05) is 6.07 Å². The zero-order chi connectivity index (χ0) is 15.1. The van der Waals surface area contributed by atoms with Crippen LogP contribution in [0.1, 0.15) is 22.8 Å². The van der Waals surface area contributed by atoms with Crippen LogP contribution in [0, 0.1) is 34.9 Å². The van der Waals surface area contributed by atoms with Crippen LogP contribution in [-0.2, 0) is 0 Å². The number of nitriles is 1. The van der Waals surface area contributed by atoms with Crippen LogP contribution in [0.3, 0.4) is 0 Å². The first-order chi connectivity index (χ1) is 9.49. The van der Waals surface area contributed by atoms with Crippen molar-refractivity contribution in [1.82, 2.24) is 4.90 Å². The van der Waals surface area contributed by atoms with Crippen LogP contribution in [0.4, 0.5) is 4.39 Å². The number of hydrogen-bond donors (Lipinski definition) is 1. The van der Waals surface area contributed by atoms with Gasteiger partial charge in [-0.3, -0.25) is 4.79 Å². The molecular formula is C15H15FN2O2. The maximum Gasteiger partial charge on any atom is 0.255 e. The van der Waals surface area contributed by atoms with Crippen molar-refractivity contribution in [2.45, 2.75) is 6.92 Å². The molecule has 1 unspecified atom stereocenters. The predicted molar refractivity (Wildman–Crippen MR) is 72.1 cm³/mol. The van der Waals surface area contributed by atoms with Crippen molar-refractivity contribution in [3.8, 4) is 17.9 Å². The number of nitrogens with zero attached hydrogens (tertiary/aromatic N) is 2. The van der Waals surface area contributed by atoms with Crippen molar-refractivity contribution in [2.24, 2.45) is 5.92 Å². The maximum atomic E-state index is 13.3. The molecular weight excluding hydrogens is 259 g/mol. The zero-order valence-corrected chi connectivity index (χ0v) is 11.4. The topological polar surface area (TPSA) is 64.3 Å². The fourth-order valence-electron chi connectivity index (χ4n) is 1.68. The highest BCUT2D eigenvalue weighted by atomic mass is 19.1. The highest BCUT2D eigenvalue weighted by Crippen LogP contribution is 2.13. The Labute approximate surface area is 117 Å². The largest absolute Gasteiger partial charge is 0.384 e. The second-order valence-electron chi connectivity index (χ2n) is 4.37. The number of amides is 1. The summed E-state index contributed by atoms with van der Waals surface area (Å²) in [6.07, 6.45) is 0. The van der Waals surface area contributed by atoms with E-state index in [0.29, 0.717) is 5.56 Å². The molecule has 0 spiro atoms. The Morgan fingerprint density at radius 3 is 2.85 bits per heavy atom. The highest BCUT2D eigenvalue weighted by Gasteiger charge is 2.17. The Morgan fingerprint density at radius 1 is 1.55 bits per heavy atom. The molecule has 0 radical (unpaired) electrons. The second kappa shape index (κ2) is 7.28. The van der Waals surface area contributed by atoms with E-state index in [0.717, 1.165) is 6.07 Å². The summed E-state index contributed by atoms with van der Waals surface area (Å²) in [7, 11) is 1.55. The van der Waals surface area contributed by atoms with Crippen molar-refractivity contribution in [3.63, 3.8) is 0 Å². The summed E-state index contributed by atoms with van der Waals surface area (Å²) in [5, 5.41) is 17.4. The lowest BCUT2D eigenvalue weighted by atomic mass is 10.1. The summed E-state index contributed by atoms with van der Waals surface area (Å²) >= 11 is 0. The van der Waals surface area contributed by atoms with Crippen molar-refractivity contribution in [3.05, 3.63) is 35.1 Å². The normalized spacial score (nSPS) is 10.9. The molecule has 0 fully saturated rings. The molecule has 0 heterocycles. The molecule has 0 aliphatic heterocycles. The molecule has 20 heavy (non-hydrogen) atoms. The Morgan fingerprint density at radius 2 is 2.25 bits per heavy atom. The Balaban J connectivity index is 3.08. The molecule has 0 saturated carbocycles. The fraction of sp³-hybridized carbons (Fsp3) is 0.333. The SMILES string of the molecule is CC(C#N)CN(C)C(=O)c1cc(F)ccc1C#CCO. The lowest BCUT2D eigenvalue weighted by Crippen LogP contribution is -2.31. The molecule has 4 nitrogen and oxygen atoms in total. The van der Waals surface area contributed by atoms with Gasteiger partial charge in [0.1, 0.15) is 12.4 Å². The monoisotopic (exact) mass is 274 g/mol. The van der Waals surface area contributed by atoms with Crippen molar-refractivity contribution >= 4 is 5.91 Å². The van der Waals surface area contributed by atoms with Gasteiger partial charge >= 0.3 is 0 Å². The Hall–Kier alpha value is -2.37. The van der Waals surface area contributed by atoms with Crippen molar-refractivity contribution < 1.29 is 14.3 Å². The zero-order valence-electron chi connectivity index (χ0n) is 11.4. The van der Waals surface area contributed by atoms with Crippen LogP contribution in [0.2, 0.25) is 0 Å². The summed E-state index contributed by atoms with van der Waals surface area (Å²) in [4.78, 5) is 13.6. The molecule has 0 bridgehead atoms. The average molecular weight is 274 g/mol. The molecule has 104 valence electrons. The van der Waals surface area contributed by atoms with Crippen LogP contribution in [-0.4, -0.2) is 36.1 Å². The molecule has 5 heteroatoms. The van der Waals surface area contributed by atoms with Gasteiger partial charge < -0.3 is 10.0 Å². The number of carbonyl (C=O) groups excluding carboxylic acids is 1. The molecule has 1 rings (SSSR count). The standard InChI is InChI=1S/C15H15FN2O2/c1-11(9-17)10-18(2)15(20)14-8-13(16)6-5-12(14)4-3-7-19/h5-6,8,11,19H,7,10H2,1-2H3. The van der Waals surface area contributed by atoms with Gasteiger partial charge in [0.15, 0.2) is 0 Å². The molecule has 0 aliphatic rings. The van der Waals surface area contributed by atoms with E-state index in [9.17, 15) is 9.18 Å². The molecule has 0 aromatic heterocycles. The summed E-state index contributed by atoms with van der Waals surface area (Å²) in [5.74, 6) is 3.78. The van der Waals surface area contributed by atoms with Gasteiger partial charge in [-0.2, -0.15) is 5.26 Å². The van der Waals surface area contributed by atoms with Gasteiger partial charge in [0.25, 0.3) is 5.91 Å².